The molecule has 6 rings (SSSR count). The fourth-order valence-corrected chi connectivity index (χ4v) is 6.33. The molecule has 3 aromatic carbocycles. The predicted molar refractivity (Wildman–Crippen MR) is 198 cm³/mol. The van der Waals surface area contributed by atoms with Crippen LogP contribution in [0.5, 0.6) is 0 Å². The first-order valence-electron chi connectivity index (χ1n) is 16.0. The van der Waals surface area contributed by atoms with Crippen LogP contribution in [0.2, 0.25) is 0 Å². The maximum absolute atomic E-state index is 4.58. The molecular formula is C42H41BrN2. The number of aliphatic imine (C=N–C) groups is 1. The number of halogens is 1. The highest BCUT2D eigenvalue weighted by Gasteiger charge is 2.15. The van der Waals surface area contributed by atoms with E-state index in [2.05, 4.69) is 137 Å². The van der Waals surface area contributed by atoms with Crippen molar-refractivity contribution in [1.29, 1.82) is 0 Å². The van der Waals surface area contributed by atoms with Crippen LogP contribution in [-0.4, -0.2) is 10.7 Å². The zero-order chi connectivity index (χ0) is 31.6. The molecule has 0 atom stereocenters. The molecule has 45 heavy (non-hydrogen) atoms. The molecule has 2 nitrogen and oxygen atoms in total. The number of nitrogens with zero attached hydrogens (tertiary/aromatic N) is 2. The van der Waals surface area contributed by atoms with Gasteiger partial charge in [-0.25, -0.2) is 0 Å². The molecule has 0 fully saturated rings. The number of allylic oxidation sites excluding steroid dienone is 9. The van der Waals surface area contributed by atoms with Crippen molar-refractivity contribution in [3.05, 3.63) is 154 Å². The second-order valence-corrected chi connectivity index (χ2v) is 12.0. The van der Waals surface area contributed by atoms with E-state index < -0.39 is 0 Å². The average Bonchev–Trinajstić information content (AvgIpc) is 3.12. The van der Waals surface area contributed by atoms with Crippen LogP contribution in [0, 0.1) is 0 Å². The number of pyridine rings is 1. The minimum absolute atomic E-state index is 0.985. The van der Waals surface area contributed by atoms with Gasteiger partial charge in [0.1, 0.15) is 0 Å². The van der Waals surface area contributed by atoms with E-state index in [1.54, 1.807) is 0 Å². The molecule has 1 aromatic heterocycles. The lowest BCUT2D eigenvalue weighted by molar-refractivity contribution is 0.974. The van der Waals surface area contributed by atoms with Crippen LogP contribution in [0.25, 0.3) is 39.1 Å². The summed E-state index contributed by atoms with van der Waals surface area (Å²) in [5.74, 6) is 0. The molecule has 1 aliphatic heterocycles. The Kier molecular flexibility index (Phi) is 11.1. The summed E-state index contributed by atoms with van der Waals surface area (Å²) in [6.07, 6.45) is 19.2. The van der Waals surface area contributed by atoms with Crippen LogP contribution >= 0.6 is 15.9 Å². The van der Waals surface area contributed by atoms with E-state index in [0.29, 0.717) is 0 Å². The molecule has 2 aliphatic rings. The SMILES string of the molecule is C/C(=C\C=C(/C)C1=C(c2cc(Br)cc(-c3ccccc3-c3ccc(-c4ccccn4)cc3)c2)C=CCC1)C1=NC=CCC1.CC. The van der Waals surface area contributed by atoms with Crippen molar-refractivity contribution in [2.45, 2.75) is 53.4 Å². The molecule has 0 N–H and O–H groups in total. The molecule has 226 valence electrons. The zero-order valence-electron chi connectivity index (χ0n) is 26.7. The van der Waals surface area contributed by atoms with Crippen molar-refractivity contribution in [2.75, 3.05) is 0 Å². The predicted octanol–water partition coefficient (Wildman–Crippen LogP) is 12.6. The van der Waals surface area contributed by atoms with Crippen molar-refractivity contribution >= 4 is 27.2 Å². The van der Waals surface area contributed by atoms with Crippen LogP contribution in [0.1, 0.15) is 58.9 Å². The summed E-state index contributed by atoms with van der Waals surface area (Å²) in [5, 5.41) is 0. The third-order valence-corrected chi connectivity index (χ3v) is 8.63. The Balaban J connectivity index is 0.00000196. The Hall–Kier alpha value is -4.34. The van der Waals surface area contributed by atoms with Gasteiger partial charge in [0, 0.05) is 28.1 Å². The van der Waals surface area contributed by atoms with Gasteiger partial charge in [-0.2, -0.15) is 0 Å². The van der Waals surface area contributed by atoms with E-state index >= 15 is 0 Å². The molecule has 3 heteroatoms. The van der Waals surface area contributed by atoms with Crippen molar-refractivity contribution in [2.24, 2.45) is 4.99 Å². The number of hydrogen-bond donors (Lipinski definition) is 0. The molecule has 0 saturated heterocycles. The van der Waals surface area contributed by atoms with Gasteiger partial charge >= 0.3 is 0 Å². The highest BCUT2D eigenvalue weighted by molar-refractivity contribution is 9.10. The highest BCUT2D eigenvalue weighted by atomic mass is 79.9. The first-order valence-corrected chi connectivity index (χ1v) is 16.8. The molecule has 0 unspecified atom stereocenters. The quantitative estimate of drug-likeness (QED) is 0.182. The Labute approximate surface area is 277 Å². The van der Waals surface area contributed by atoms with Crippen LogP contribution in [0.15, 0.2) is 154 Å². The molecule has 0 amide bonds. The summed E-state index contributed by atoms with van der Waals surface area (Å²) >= 11 is 3.85. The lowest BCUT2D eigenvalue weighted by atomic mass is 9.86. The molecule has 0 bridgehead atoms. The van der Waals surface area contributed by atoms with Crippen LogP contribution < -0.4 is 0 Å². The topological polar surface area (TPSA) is 25.2 Å². The molecule has 4 aromatic rings. The van der Waals surface area contributed by atoms with E-state index in [9.17, 15) is 0 Å². The van der Waals surface area contributed by atoms with Crippen molar-refractivity contribution in [3.63, 3.8) is 0 Å². The van der Waals surface area contributed by atoms with E-state index in [4.69, 9.17) is 0 Å². The lowest BCUT2D eigenvalue weighted by Crippen LogP contribution is -2.02. The minimum Gasteiger partial charge on any atom is -0.261 e. The number of benzene rings is 3. The number of rotatable bonds is 7. The summed E-state index contributed by atoms with van der Waals surface area (Å²) in [6, 6.07) is 30.2. The molecular weight excluding hydrogens is 612 g/mol. The third kappa shape index (κ3) is 7.85. The standard InChI is InChI=1S/C40H35BrN2.C2H6/c1-28(17-18-29(2)39-15-7-9-23-42-39)35-11-3-4-13-37(35)32-25-33(27-34(41)26-32)38-14-6-5-12-36(38)30-19-21-31(22-20-30)40-16-8-10-24-43-40;1-2/h4-6,8-10,12-14,16-27H,3,7,11,15H2,1-2H3;1-2H3/b28-17+,29-18+;. The van der Waals surface area contributed by atoms with Gasteiger partial charge in [-0.3, -0.25) is 9.98 Å². The lowest BCUT2D eigenvalue weighted by Gasteiger charge is -2.19. The van der Waals surface area contributed by atoms with Crippen molar-refractivity contribution in [1.82, 2.24) is 4.98 Å². The second kappa shape index (κ2) is 15.6. The number of hydrogen-bond acceptors (Lipinski definition) is 2. The van der Waals surface area contributed by atoms with Gasteiger partial charge in [0.25, 0.3) is 0 Å². The van der Waals surface area contributed by atoms with Gasteiger partial charge in [0.2, 0.25) is 0 Å². The smallest absolute Gasteiger partial charge is 0.0701 e. The van der Waals surface area contributed by atoms with Gasteiger partial charge in [0.05, 0.1) is 5.69 Å². The van der Waals surface area contributed by atoms with Crippen molar-refractivity contribution < 1.29 is 0 Å². The molecule has 1 aliphatic carbocycles. The molecule has 0 spiro atoms. The summed E-state index contributed by atoms with van der Waals surface area (Å²) in [4.78, 5) is 9.10. The fourth-order valence-electron chi connectivity index (χ4n) is 5.83. The largest absolute Gasteiger partial charge is 0.261 e. The Morgan fingerprint density at radius 3 is 2.07 bits per heavy atom. The second-order valence-electron chi connectivity index (χ2n) is 11.1. The minimum atomic E-state index is 0.985. The third-order valence-electron chi connectivity index (χ3n) is 8.17. The van der Waals surface area contributed by atoms with Crippen LogP contribution in [0.3, 0.4) is 0 Å². The fraction of sp³-hybridized carbons (Fsp3) is 0.190. The molecule has 0 saturated carbocycles. The normalized spacial score (nSPS) is 15.0. The maximum Gasteiger partial charge on any atom is 0.0701 e. The Morgan fingerprint density at radius 2 is 1.36 bits per heavy atom. The zero-order valence-corrected chi connectivity index (χ0v) is 28.3. The van der Waals surface area contributed by atoms with E-state index in [1.165, 1.54) is 55.8 Å². The van der Waals surface area contributed by atoms with Gasteiger partial charge < -0.3 is 0 Å². The first kappa shape index (κ1) is 32.1. The van der Waals surface area contributed by atoms with Crippen molar-refractivity contribution in [3.8, 4) is 33.5 Å². The summed E-state index contributed by atoms with van der Waals surface area (Å²) < 4.78 is 1.08. The van der Waals surface area contributed by atoms with E-state index in [-0.39, 0.29) is 0 Å². The summed E-state index contributed by atoms with van der Waals surface area (Å²) in [6.45, 7) is 8.41. The van der Waals surface area contributed by atoms with Crippen LogP contribution in [0.4, 0.5) is 0 Å². The Morgan fingerprint density at radius 1 is 0.689 bits per heavy atom. The van der Waals surface area contributed by atoms with Gasteiger partial charge in [-0.15, -0.1) is 0 Å². The highest BCUT2D eigenvalue weighted by Crippen LogP contribution is 2.39. The average molecular weight is 654 g/mol. The van der Waals surface area contributed by atoms with Crippen LogP contribution in [-0.2, 0) is 0 Å². The molecule has 2 heterocycles. The Bertz CT molecular complexity index is 1820. The molecule has 0 radical (unpaired) electrons. The monoisotopic (exact) mass is 652 g/mol. The van der Waals surface area contributed by atoms with Gasteiger partial charge in [-0.05, 0) is 120 Å². The summed E-state index contributed by atoms with van der Waals surface area (Å²) in [7, 11) is 0. The first-order chi connectivity index (χ1) is 22.1. The van der Waals surface area contributed by atoms with Gasteiger partial charge in [-0.1, -0.05) is 115 Å². The maximum atomic E-state index is 4.58. The summed E-state index contributed by atoms with van der Waals surface area (Å²) in [5.41, 5.74) is 14.6. The van der Waals surface area contributed by atoms with Gasteiger partial charge in [0.15, 0.2) is 0 Å². The number of aromatic nitrogens is 1. The van der Waals surface area contributed by atoms with E-state index in [0.717, 1.165) is 41.4 Å². The van der Waals surface area contributed by atoms with E-state index in [1.807, 2.05) is 44.4 Å².